The van der Waals surface area contributed by atoms with Crippen LogP contribution >= 0.6 is 0 Å². The summed E-state index contributed by atoms with van der Waals surface area (Å²) in [5, 5.41) is 0. The molecule has 0 N–H and O–H groups in total. The van der Waals surface area contributed by atoms with Crippen molar-refractivity contribution in [3.63, 3.8) is 0 Å². The van der Waals surface area contributed by atoms with E-state index in [0.717, 1.165) is 0 Å². The Bertz CT molecular complexity index is 875. The second kappa shape index (κ2) is 6.21. The second-order valence-corrected chi connectivity index (χ2v) is 7.40. The highest BCUT2D eigenvalue weighted by Crippen LogP contribution is 2.47. The molecule has 2 heteroatoms. The first-order chi connectivity index (χ1) is 12.8. The minimum absolute atomic E-state index is 0.297. The third-order valence-corrected chi connectivity index (χ3v) is 5.92. The van der Waals surface area contributed by atoms with Crippen LogP contribution < -0.4 is 9.80 Å². The number of nitrogens with zero attached hydrogens (tertiary/aromatic N) is 2. The summed E-state index contributed by atoms with van der Waals surface area (Å²) in [5.74, 6) is 0.297. The summed E-state index contributed by atoms with van der Waals surface area (Å²) in [7, 11) is 2.17. The van der Waals surface area contributed by atoms with Crippen LogP contribution in [0.5, 0.6) is 0 Å². The van der Waals surface area contributed by atoms with Gasteiger partial charge in [0.25, 0.3) is 0 Å². The molecule has 2 aliphatic heterocycles. The molecule has 0 bridgehead atoms. The summed E-state index contributed by atoms with van der Waals surface area (Å²) >= 11 is 0. The number of para-hydroxylation sites is 2. The van der Waals surface area contributed by atoms with Crippen LogP contribution in [0.15, 0.2) is 72.8 Å². The van der Waals surface area contributed by atoms with E-state index in [1.807, 2.05) is 0 Å². The standard InChI is InChI=1S/C24H24N2/c1-25-22-10-4-2-8-20(22)24(21-9-3-5-11-23(21)25)18-12-14-19(15-13-18)26-16-6-7-17-26/h2-5,8-15,24H,6-7,16-17H2,1H3. The number of fused-ring (bicyclic) bond motifs is 2. The fourth-order valence-corrected chi connectivity index (χ4v) is 4.58. The summed E-state index contributed by atoms with van der Waals surface area (Å²) in [4.78, 5) is 4.82. The highest BCUT2D eigenvalue weighted by atomic mass is 15.1. The summed E-state index contributed by atoms with van der Waals surface area (Å²) in [6.07, 6.45) is 2.63. The Balaban J connectivity index is 1.61. The molecule has 2 aliphatic rings. The Labute approximate surface area is 155 Å². The molecule has 3 aromatic carbocycles. The fourth-order valence-electron chi connectivity index (χ4n) is 4.58. The van der Waals surface area contributed by atoms with E-state index in [2.05, 4.69) is 89.6 Å². The maximum Gasteiger partial charge on any atom is 0.0450 e. The molecule has 0 aromatic heterocycles. The van der Waals surface area contributed by atoms with Crippen LogP contribution in [0.2, 0.25) is 0 Å². The van der Waals surface area contributed by atoms with Gasteiger partial charge < -0.3 is 9.80 Å². The van der Waals surface area contributed by atoms with Gasteiger partial charge in [-0.2, -0.15) is 0 Å². The molecular weight excluding hydrogens is 316 g/mol. The summed E-state index contributed by atoms with van der Waals surface area (Å²) in [6.45, 7) is 2.39. The lowest BCUT2D eigenvalue weighted by atomic mass is 9.80. The van der Waals surface area contributed by atoms with Gasteiger partial charge in [0.15, 0.2) is 0 Å². The first kappa shape index (κ1) is 15.5. The van der Waals surface area contributed by atoms with Gasteiger partial charge in [0, 0.05) is 43.1 Å². The van der Waals surface area contributed by atoms with Crippen molar-refractivity contribution in [2.24, 2.45) is 0 Å². The van der Waals surface area contributed by atoms with Crippen LogP contribution in [-0.4, -0.2) is 20.1 Å². The number of hydrogen-bond donors (Lipinski definition) is 0. The molecule has 0 radical (unpaired) electrons. The normalized spacial score (nSPS) is 16.5. The van der Waals surface area contributed by atoms with E-state index in [1.165, 1.54) is 59.7 Å². The van der Waals surface area contributed by atoms with E-state index in [0.29, 0.717) is 5.92 Å². The molecule has 0 atom stereocenters. The van der Waals surface area contributed by atoms with Crippen molar-refractivity contribution >= 4 is 17.1 Å². The predicted molar refractivity (Wildman–Crippen MR) is 110 cm³/mol. The van der Waals surface area contributed by atoms with E-state index >= 15 is 0 Å². The molecule has 3 aromatic rings. The Hall–Kier alpha value is -2.74. The molecule has 1 fully saturated rings. The van der Waals surface area contributed by atoms with Gasteiger partial charge in [0.05, 0.1) is 0 Å². The number of benzene rings is 3. The molecule has 2 heterocycles. The zero-order valence-electron chi connectivity index (χ0n) is 15.2. The SMILES string of the molecule is CN1c2ccccc2C(c2ccc(N3CCCC3)cc2)c2ccccc21. The zero-order valence-corrected chi connectivity index (χ0v) is 15.2. The van der Waals surface area contributed by atoms with Gasteiger partial charge in [0.2, 0.25) is 0 Å². The number of anilines is 3. The number of hydrogen-bond acceptors (Lipinski definition) is 2. The summed E-state index contributed by atoms with van der Waals surface area (Å²) < 4.78 is 0. The largest absolute Gasteiger partial charge is 0.372 e. The summed E-state index contributed by atoms with van der Waals surface area (Å²) in [6, 6.07) is 26.9. The molecule has 5 rings (SSSR count). The second-order valence-electron chi connectivity index (χ2n) is 7.40. The molecule has 0 unspecified atom stereocenters. The lowest BCUT2D eigenvalue weighted by Crippen LogP contribution is -2.22. The smallest absolute Gasteiger partial charge is 0.0450 e. The molecule has 0 saturated carbocycles. The van der Waals surface area contributed by atoms with Gasteiger partial charge in [-0.15, -0.1) is 0 Å². The third kappa shape index (κ3) is 2.40. The highest BCUT2D eigenvalue weighted by Gasteiger charge is 2.29. The Kier molecular flexibility index (Phi) is 3.70. The van der Waals surface area contributed by atoms with Crippen LogP contribution in [-0.2, 0) is 0 Å². The maximum atomic E-state index is 2.50. The lowest BCUT2D eigenvalue weighted by Gasteiger charge is -2.35. The minimum atomic E-state index is 0.297. The first-order valence-corrected chi connectivity index (χ1v) is 9.59. The van der Waals surface area contributed by atoms with Crippen molar-refractivity contribution in [2.45, 2.75) is 18.8 Å². The molecule has 2 nitrogen and oxygen atoms in total. The average molecular weight is 340 g/mol. The summed E-state index contributed by atoms with van der Waals surface area (Å²) in [5.41, 5.74) is 8.13. The fraction of sp³-hybridized carbons (Fsp3) is 0.250. The van der Waals surface area contributed by atoms with Gasteiger partial charge >= 0.3 is 0 Å². The molecular formula is C24H24N2. The average Bonchev–Trinajstić information content (AvgIpc) is 3.24. The van der Waals surface area contributed by atoms with E-state index in [1.54, 1.807) is 0 Å². The quantitative estimate of drug-likeness (QED) is 0.603. The molecule has 0 amide bonds. The predicted octanol–water partition coefficient (Wildman–Crippen LogP) is 5.55. The van der Waals surface area contributed by atoms with Crippen molar-refractivity contribution in [1.29, 1.82) is 0 Å². The van der Waals surface area contributed by atoms with Gasteiger partial charge in [-0.3, -0.25) is 0 Å². The van der Waals surface area contributed by atoms with Crippen LogP contribution in [0.4, 0.5) is 17.1 Å². The Morgan fingerprint density at radius 2 is 1.23 bits per heavy atom. The molecule has 26 heavy (non-hydrogen) atoms. The van der Waals surface area contributed by atoms with Crippen molar-refractivity contribution < 1.29 is 0 Å². The lowest BCUT2D eigenvalue weighted by molar-refractivity contribution is 0.921. The van der Waals surface area contributed by atoms with Crippen LogP contribution in [0.1, 0.15) is 35.4 Å². The van der Waals surface area contributed by atoms with Crippen molar-refractivity contribution in [3.8, 4) is 0 Å². The Morgan fingerprint density at radius 3 is 1.81 bits per heavy atom. The van der Waals surface area contributed by atoms with E-state index in [-0.39, 0.29) is 0 Å². The zero-order chi connectivity index (χ0) is 17.5. The molecule has 0 aliphatic carbocycles. The molecule has 130 valence electrons. The van der Waals surface area contributed by atoms with E-state index in [4.69, 9.17) is 0 Å². The van der Waals surface area contributed by atoms with Gasteiger partial charge in [-0.25, -0.2) is 0 Å². The number of rotatable bonds is 2. The van der Waals surface area contributed by atoms with E-state index in [9.17, 15) is 0 Å². The maximum absolute atomic E-state index is 2.50. The van der Waals surface area contributed by atoms with Crippen molar-refractivity contribution in [2.75, 3.05) is 29.9 Å². The van der Waals surface area contributed by atoms with Crippen LogP contribution in [0.25, 0.3) is 0 Å². The third-order valence-electron chi connectivity index (χ3n) is 5.92. The van der Waals surface area contributed by atoms with Gasteiger partial charge in [0.1, 0.15) is 0 Å². The van der Waals surface area contributed by atoms with Crippen molar-refractivity contribution in [3.05, 3.63) is 89.5 Å². The molecule has 1 saturated heterocycles. The first-order valence-electron chi connectivity index (χ1n) is 9.59. The minimum Gasteiger partial charge on any atom is -0.372 e. The Morgan fingerprint density at radius 1 is 0.692 bits per heavy atom. The van der Waals surface area contributed by atoms with Gasteiger partial charge in [-0.1, -0.05) is 48.5 Å². The van der Waals surface area contributed by atoms with Crippen molar-refractivity contribution in [1.82, 2.24) is 0 Å². The van der Waals surface area contributed by atoms with Crippen LogP contribution in [0.3, 0.4) is 0 Å². The highest BCUT2D eigenvalue weighted by molar-refractivity contribution is 5.77. The molecule has 0 spiro atoms. The topological polar surface area (TPSA) is 6.48 Å². The van der Waals surface area contributed by atoms with E-state index < -0.39 is 0 Å². The monoisotopic (exact) mass is 340 g/mol. The van der Waals surface area contributed by atoms with Crippen LogP contribution in [0, 0.1) is 0 Å². The van der Waals surface area contributed by atoms with Gasteiger partial charge in [-0.05, 0) is 53.8 Å².